The lowest BCUT2D eigenvalue weighted by atomic mass is 9.86. The minimum atomic E-state index is -0.427. The molecule has 4 heteroatoms. The molecular weight excluding hydrogens is 204 g/mol. The Bertz CT molecular complexity index is 242. The smallest absolute Gasteiger partial charge is 0.407 e. The van der Waals surface area contributed by atoms with Crippen molar-refractivity contribution < 1.29 is 9.53 Å². The number of carbonyl (C=O) groups excluding carboxylic acids is 1. The Morgan fingerprint density at radius 1 is 1.38 bits per heavy atom. The van der Waals surface area contributed by atoms with E-state index in [-0.39, 0.29) is 12.1 Å². The molecule has 2 N–H and O–H groups in total. The van der Waals surface area contributed by atoms with Crippen LogP contribution >= 0.6 is 0 Å². The van der Waals surface area contributed by atoms with Crippen molar-refractivity contribution in [2.24, 2.45) is 11.8 Å². The number of hydrogen-bond acceptors (Lipinski definition) is 3. The van der Waals surface area contributed by atoms with Crippen LogP contribution in [0.15, 0.2) is 0 Å². The number of carbonyl (C=O) groups is 1. The van der Waals surface area contributed by atoms with Crippen LogP contribution in [0.5, 0.6) is 0 Å². The van der Waals surface area contributed by atoms with Gasteiger partial charge >= 0.3 is 6.09 Å². The summed E-state index contributed by atoms with van der Waals surface area (Å²) in [7, 11) is 0. The molecule has 1 aliphatic rings. The average molecular weight is 228 g/mol. The second kappa shape index (κ2) is 5.04. The van der Waals surface area contributed by atoms with Gasteiger partial charge in [-0.1, -0.05) is 13.8 Å². The van der Waals surface area contributed by atoms with E-state index in [0.29, 0.717) is 11.8 Å². The second-order valence-corrected chi connectivity index (χ2v) is 5.83. The zero-order chi connectivity index (χ0) is 12.3. The molecule has 0 aromatic carbocycles. The minimum Gasteiger partial charge on any atom is -0.444 e. The number of ether oxygens (including phenoxy) is 1. The number of nitrogens with one attached hydrogen (secondary N) is 2. The lowest BCUT2D eigenvalue weighted by Gasteiger charge is -2.37. The molecule has 0 saturated carbocycles. The van der Waals surface area contributed by atoms with Gasteiger partial charge in [0.15, 0.2) is 0 Å². The Kier molecular flexibility index (Phi) is 4.19. The Hall–Kier alpha value is -0.770. The summed E-state index contributed by atoms with van der Waals surface area (Å²) in [5, 5.41) is 6.20. The van der Waals surface area contributed by atoms with E-state index < -0.39 is 5.60 Å². The highest BCUT2D eigenvalue weighted by Gasteiger charge is 2.31. The van der Waals surface area contributed by atoms with Gasteiger partial charge in [-0.15, -0.1) is 0 Å². The summed E-state index contributed by atoms with van der Waals surface area (Å²) >= 11 is 0. The van der Waals surface area contributed by atoms with Crippen molar-refractivity contribution in [1.29, 1.82) is 0 Å². The van der Waals surface area contributed by atoms with E-state index in [0.717, 1.165) is 13.1 Å². The summed E-state index contributed by atoms with van der Waals surface area (Å²) in [4.78, 5) is 11.7. The zero-order valence-corrected chi connectivity index (χ0v) is 11.0. The molecule has 0 spiro atoms. The highest BCUT2D eigenvalue weighted by molar-refractivity contribution is 5.68. The Morgan fingerprint density at radius 2 is 1.94 bits per heavy atom. The molecule has 0 aliphatic carbocycles. The highest BCUT2D eigenvalue weighted by atomic mass is 16.6. The lowest BCUT2D eigenvalue weighted by molar-refractivity contribution is 0.0448. The fourth-order valence-corrected chi connectivity index (χ4v) is 1.84. The van der Waals surface area contributed by atoms with E-state index in [2.05, 4.69) is 24.5 Å². The SMILES string of the molecule is CC(C)C(NC(=O)OC(C)(C)C)C1CNC1. The molecule has 1 rings (SSSR count). The van der Waals surface area contributed by atoms with E-state index in [9.17, 15) is 4.79 Å². The molecule has 0 aromatic heterocycles. The maximum absolute atomic E-state index is 11.7. The fourth-order valence-electron chi connectivity index (χ4n) is 1.84. The van der Waals surface area contributed by atoms with Crippen LogP contribution in [0.4, 0.5) is 4.79 Å². The van der Waals surface area contributed by atoms with Crippen molar-refractivity contribution in [3.8, 4) is 0 Å². The van der Waals surface area contributed by atoms with Gasteiger partial charge in [0.2, 0.25) is 0 Å². The summed E-state index contributed by atoms with van der Waals surface area (Å²) < 4.78 is 5.27. The molecular formula is C12H24N2O2. The summed E-state index contributed by atoms with van der Waals surface area (Å²) in [5.41, 5.74) is -0.427. The number of amides is 1. The Labute approximate surface area is 98.1 Å². The third kappa shape index (κ3) is 4.00. The largest absolute Gasteiger partial charge is 0.444 e. The molecule has 0 bridgehead atoms. The van der Waals surface area contributed by atoms with Gasteiger partial charge in [-0.25, -0.2) is 4.79 Å². The third-order valence-corrected chi connectivity index (χ3v) is 2.72. The van der Waals surface area contributed by atoms with Crippen molar-refractivity contribution in [2.45, 2.75) is 46.3 Å². The monoisotopic (exact) mass is 228 g/mol. The van der Waals surface area contributed by atoms with Crippen LogP contribution in [0.1, 0.15) is 34.6 Å². The molecule has 1 aliphatic heterocycles. The Morgan fingerprint density at radius 3 is 2.25 bits per heavy atom. The van der Waals surface area contributed by atoms with Crippen LogP contribution in [0.2, 0.25) is 0 Å². The van der Waals surface area contributed by atoms with Gasteiger partial charge < -0.3 is 15.4 Å². The van der Waals surface area contributed by atoms with Gasteiger partial charge in [-0.05, 0) is 26.7 Å². The van der Waals surface area contributed by atoms with Crippen molar-refractivity contribution in [3.05, 3.63) is 0 Å². The Balaban J connectivity index is 2.45. The van der Waals surface area contributed by atoms with Gasteiger partial charge in [0.05, 0.1) is 0 Å². The van der Waals surface area contributed by atoms with Crippen molar-refractivity contribution in [1.82, 2.24) is 10.6 Å². The van der Waals surface area contributed by atoms with Gasteiger partial charge in [0.1, 0.15) is 5.60 Å². The first kappa shape index (κ1) is 13.3. The fraction of sp³-hybridized carbons (Fsp3) is 0.917. The maximum Gasteiger partial charge on any atom is 0.407 e. The van der Waals surface area contributed by atoms with Gasteiger partial charge in [-0.2, -0.15) is 0 Å². The van der Waals surface area contributed by atoms with E-state index >= 15 is 0 Å². The van der Waals surface area contributed by atoms with Crippen LogP contribution in [-0.4, -0.2) is 30.8 Å². The van der Waals surface area contributed by atoms with E-state index in [1.54, 1.807) is 0 Å². The molecule has 4 nitrogen and oxygen atoms in total. The molecule has 1 atom stereocenters. The van der Waals surface area contributed by atoms with Crippen LogP contribution in [-0.2, 0) is 4.74 Å². The predicted octanol–water partition coefficient (Wildman–Crippen LogP) is 1.76. The first-order chi connectivity index (χ1) is 7.29. The lowest BCUT2D eigenvalue weighted by Crippen LogP contribution is -2.57. The summed E-state index contributed by atoms with van der Waals surface area (Å²) in [5.74, 6) is 0.965. The quantitative estimate of drug-likeness (QED) is 0.774. The van der Waals surface area contributed by atoms with Crippen LogP contribution in [0, 0.1) is 11.8 Å². The standard InChI is InChI=1S/C12H24N2O2/c1-8(2)10(9-6-13-7-9)14-11(15)16-12(3,4)5/h8-10,13H,6-7H2,1-5H3,(H,14,15). The van der Waals surface area contributed by atoms with Gasteiger partial charge in [0.25, 0.3) is 0 Å². The summed E-state index contributed by atoms with van der Waals surface area (Å²) in [6.45, 7) is 11.9. The third-order valence-electron chi connectivity index (χ3n) is 2.72. The maximum atomic E-state index is 11.7. The first-order valence-corrected chi connectivity index (χ1v) is 6.00. The first-order valence-electron chi connectivity index (χ1n) is 6.00. The minimum absolute atomic E-state index is 0.205. The number of alkyl carbamates (subject to hydrolysis) is 1. The van der Waals surface area contributed by atoms with Crippen molar-refractivity contribution in [2.75, 3.05) is 13.1 Å². The molecule has 1 saturated heterocycles. The molecule has 0 aromatic rings. The number of hydrogen-bond donors (Lipinski definition) is 2. The molecule has 0 radical (unpaired) electrons. The highest BCUT2D eigenvalue weighted by Crippen LogP contribution is 2.17. The topological polar surface area (TPSA) is 50.4 Å². The molecule has 1 heterocycles. The average Bonchev–Trinajstić information content (AvgIpc) is 1.95. The second-order valence-electron chi connectivity index (χ2n) is 5.83. The molecule has 1 fully saturated rings. The van der Waals surface area contributed by atoms with Crippen molar-refractivity contribution >= 4 is 6.09 Å². The molecule has 1 unspecified atom stereocenters. The molecule has 16 heavy (non-hydrogen) atoms. The molecule has 94 valence electrons. The normalized spacial score (nSPS) is 19.1. The van der Waals surface area contributed by atoms with Crippen LogP contribution in [0.25, 0.3) is 0 Å². The zero-order valence-electron chi connectivity index (χ0n) is 11.0. The predicted molar refractivity (Wildman–Crippen MR) is 64.4 cm³/mol. The van der Waals surface area contributed by atoms with Crippen molar-refractivity contribution in [3.63, 3.8) is 0 Å². The van der Waals surface area contributed by atoms with E-state index in [1.807, 2.05) is 20.8 Å². The van der Waals surface area contributed by atoms with E-state index in [1.165, 1.54) is 0 Å². The summed E-state index contributed by atoms with van der Waals surface area (Å²) in [6, 6.07) is 0.205. The van der Waals surface area contributed by atoms with E-state index in [4.69, 9.17) is 4.74 Å². The van der Waals surface area contributed by atoms with Gasteiger partial charge in [-0.3, -0.25) is 0 Å². The number of rotatable bonds is 3. The summed E-state index contributed by atoms with van der Waals surface area (Å²) in [6.07, 6.45) is -0.307. The van der Waals surface area contributed by atoms with Crippen LogP contribution in [0.3, 0.4) is 0 Å². The van der Waals surface area contributed by atoms with Crippen LogP contribution < -0.4 is 10.6 Å². The molecule has 1 amide bonds. The van der Waals surface area contributed by atoms with Gasteiger partial charge in [0, 0.05) is 25.0 Å².